The molecule has 0 atom stereocenters. The lowest BCUT2D eigenvalue weighted by Crippen LogP contribution is -2.00. The number of nitrogens with zero attached hydrogens (tertiary/aromatic N) is 1. The molecular weight excluding hydrogens is 274 g/mol. The van der Waals surface area contributed by atoms with Crippen LogP contribution in [0.3, 0.4) is 0 Å². The largest absolute Gasteiger partial charge is 0.497 e. The molecule has 0 aliphatic heterocycles. The molecule has 1 N–H and O–H groups in total. The normalized spacial score (nSPS) is 10.2. The second kappa shape index (κ2) is 6.71. The number of nitro groups is 1. The van der Waals surface area contributed by atoms with Crippen molar-refractivity contribution in [3.63, 3.8) is 0 Å². The summed E-state index contributed by atoms with van der Waals surface area (Å²) in [6.45, 7) is -0.0273. The van der Waals surface area contributed by atoms with Crippen molar-refractivity contribution in [1.82, 2.24) is 0 Å². The average molecular weight is 289 g/mol. The molecule has 0 fully saturated rings. The molecule has 0 unspecified atom stereocenters. The summed E-state index contributed by atoms with van der Waals surface area (Å²) in [7, 11) is 1.57. The highest BCUT2D eigenvalue weighted by Gasteiger charge is 2.15. The molecule has 2 aromatic carbocycles. The van der Waals surface area contributed by atoms with Crippen LogP contribution in [0, 0.1) is 10.1 Å². The second-order valence-electron chi connectivity index (χ2n) is 4.36. The molecule has 0 aliphatic carbocycles. The fraction of sp³-hybridized carbons (Fsp3) is 0.200. The third-order valence-electron chi connectivity index (χ3n) is 2.93. The summed E-state index contributed by atoms with van der Waals surface area (Å²) in [5, 5.41) is 20.1. The van der Waals surface area contributed by atoms with Gasteiger partial charge < -0.3 is 14.6 Å². The van der Waals surface area contributed by atoms with Crippen LogP contribution >= 0.6 is 0 Å². The Morgan fingerprint density at radius 3 is 2.67 bits per heavy atom. The first-order valence-corrected chi connectivity index (χ1v) is 6.28. The van der Waals surface area contributed by atoms with Crippen molar-refractivity contribution in [3.8, 4) is 11.5 Å². The molecule has 6 nitrogen and oxygen atoms in total. The van der Waals surface area contributed by atoms with Gasteiger partial charge >= 0.3 is 5.69 Å². The molecule has 0 spiro atoms. The molecule has 0 heterocycles. The molecule has 21 heavy (non-hydrogen) atoms. The van der Waals surface area contributed by atoms with Gasteiger partial charge in [-0.1, -0.05) is 12.1 Å². The smallest absolute Gasteiger partial charge is 0.310 e. The number of benzene rings is 2. The Labute approximate surface area is 121 Å². The Hall–Kier alpha value is -2.60. The average Bonchev–Trinajstić information content (AvgIpc) is 2.52. The van der Waals surface area contributed by atoms with Gasteiger partial charge in [0.1, 0.15) is 12.4 Å². The van der Waals surface area contributed by atoms with Crippen molar-refractivity contribution in [3.05, 3.63) is 63.7 Å². The minimum Gasteiger partial charge on any atom is -0.497 e. The molecule has 110 valence electrons. The third kappa shape index (κ3) is 3.70. The van der Waals surface area contributed by atoms with Crippen molar-refractivity contribution in [2.75, 3.05) is 7.11 Å². The Kier molecular flexibility index (Phi) is 4.73. The molecule has 0 saturated heterocycles. The highest BCUT2D eigenvalue weighted by atomic mass is 16.6. The molecule has 0 saturated carbocycles. The van der Waals surface area contributed by atoms with E-state index in [1.807, 2.05) is 12.1 Å². The number of ether oxygens (including phenoxy) is 2. The molecule has 2 aromatic rings. The van der Waals surface area contributed by atoms with E-state index in [2.05, 4.69) is 0 Å². The minimum atomic E-state index is -0.512. The second-order valence-corrected chi connectivity index (χ2v) is 4.36. The lowest BCUT2D eigenvalue weighted by atomic mass is 10.2. The van der Waals surface area contributed by atoms with E-state index in [4.69, 9.17) is 14.6 Å². The molecule has 0 aliphatic rings. The third-order valence-corrected chi connectivity index (χ3v) is 2.93. The van der Waals surface area contributed by atoms with Gasteiger partial charge in [0.05, 0.1) is 18.6 Å². The standard InChI is InChI=1S/C15H15NO5/c1-20-13-4-2-3-12(7-13)10-21-15-8-11(9-17)5-6-14(15)16(18)19/h2-8,17H,9-10H2,1H3. The number of rotatable bonds is 6. The predicted octanol–water partition coefficient (Wildman–Crippen LogP) is 2.67. The fourth-order valence-electron chi connectivity index (χ4n) is 1.85. The van der Waals surface area contributed by atoms with Gasteiger partial charge in [0, 0.05) is 6.07 Å². The van der Waals surface area contributed by atoms with Crippen LogP contribution in [0.4, 0.5) is 5.69 Å². The van der Waals surface area contributed by atoms with Crippen LogP contribution in [-0.2, 0) is 13.2 Å². The van der Waals surface area contributed by atoms with Gasteiger partial charge in [-0.15, -0.1) is 0 Å². The number of aliphatic hydroxyl groups excluding tert-OH is 1. The lowest BCUT2D eigenvalue weighted by Gasteiger charge is -2.09. The molecule has 6 heteroatoms. The zero-order valence-electron chi connectivity index (χ0n) is 11.5. The van der Waals surface area contributed by atoms with Gasteiger partial charge in [-0.25, -0.2) is 0 Å². The zero-order chi connectivity index (χ0) is 15.2. The van der Waals surface area contributed by atoms with E-state index >= 15 is 0 Å². The van der Waals surface area contributed by atoms with Crippen LogP contribution in [0.15, 0.2) is 42.5 Å². The van der Waals surface area contributed by atoms with Crippen molar-refractivity contribution < 1.29 is 19.5 Å². The lowest BCUT2D eigenvalue weighted by molar-refractivity contribution is -0.386. The van der Waals surface area contributed by atoms with E-state index in [1.165, 1.54) is 18.2 Å². The molecule has 0 aromatic heterocycles. The van der Waals surface area contributed by atoms with Crippen LogP contribution in [0.1, 0.15) is 11.1 Å². The van der Waals surface area contributed by atoms with E-state index in [0.717, 1.165) is 5.56 Å². The van der Waals surface area contributed by atoms with E-state index in [1.54, 1.807) is 19.2 Å². The van der Waals surface area contributed by atoms with Crippen molar-refractivity contribution in [2.24, 2.45) is 0 Å². The highest BCUT2D eigenvalue weighted by molar-refractivity contribution is 5.48. The quantitative estimate of drug-likeness (QED) is 0.653. The zero-order valence-corrected chi connectivity index (χ0v) is 11.5. The maximum absolute atomic E-state index is 11.0. The van der Waals surface area contributed by atoms with Gasteiger partial charge in [0.25, 0.3) is 0 Å². The SMILES string of the molecule is COc1cccc(COc2cc(CO)ccc2[N+](=O)[O-])c1. The van der Waals surface area contributed by atoms with Crippen LogP contribution in [-0.4, -0.2) is 17.1 Å². The summed E-state index contributed by atoms with van der Waals surface area (Å²) in [5.41, 5.74) is 1.26. The predicted molar refractivity (Wildman–Crippen MR) is 76.3 cm³/mol. The fourth-order valence-corrected chi connectivity index (χ4v) is 1.85. The van der Waals surface area contributed by atoms with Gasteiger partial charge in [-0.3, -0.25) is 10.1 Å². The van der Waals surface area contributed by atoms with Crippen molar-refractivity contribution in [1.29, 1.82) is 0 Å². The molecule has 0 bridgehead atoms. The van der Waals surface area contributed by atoms with Gasteiger partial charge in [0.15, 0.2) is 5.75 Å². The summed E-state index contributed by atoms with van der Waals surface area (Å²) < 4.78 is 10.6. The van der Waals surface area contributed by atoms with Crippen LogP contribution in [0.25, 0.3) is 0 Å². The number of aliphatic hydroxyl groups is 1. The summed E-state index contributed by atoms with van der Waals surface area (Å²) in [6, 6.07) is 11.5. The molecule has 2 rings (SSSR count). The molecule has 0 radical (unpaired) electrons. The van der Waals surface area contributed by atoms with Gasteiger partial charge in [-0.2, -0.15) is 0 Å². The van der Waals surface area contributed by atoms with Crippen LogP contribution in [0.2, 0.25) is 0 Å². The Morgan fingerprint density at radius 2 is 2.00 bits per heavy atom. The summed E-state index contributed by atoms with van der Waals surface area (Å²) in [6.07, 6.45) is 0. The summed E-state index contributed by atoms with van der Waals surface area (Å²) in [4.78, 5) is 10.5. The van der Waals surface area contributed by atoms with Crippen LogP contribution < -0.4 is 9.47 Å². The van der Waals surface area contributed by atoms with Crippen molar-refractivity contribution in [2.45, 2.75) is 13.2 Å². The van der Waals surface area contributed by atoms with Crippen molar-refractivity contribution >= 4 is 5.69 Å². The summed E-state index contributed by atoms with van der Waals surface area (Å²) in [5.74, 6) is 0.823. The maximum Gasteiger partial charge on any atom is 0.310 e. The van der Waals surface area contributed by atoms with Gasteiger partial charge in [-0.05, 0) is 35.4 Å². The maximum atomic E-state index is 11.0. The van der Waals surface area contributed by atoms with Gasteiger partial charge in [0.2, 0.25) is 0 Å². The van der Waals surface area contributed by atoms with E-state index in [-0.39, 0.29) is 24.7 Å². The Morgan fingerprint density at radius 1 is 1.19 bits per heavy atom. The Bertz CT molecular complexity index is 642. The van der Waals surface area contributed by atoms with E-state index in [9.17, 15) is 10.1 Å². The molecule has 0 amide bonds. The number of hydrogen-bond acceptors (Lipinski definition) is 5. The summed E-state index contributed by atoms with van der Waals surface area (Å²) >= 11 is 0. The minimum absolute atomic E-state index is 0.130. The van der Waals surface area contributed by atoms with E-state index < -0.39 is 4.92 Å². The van der Waals surface area contributed by atoms with E-state index in [0.29, 0.717) is 11.3 Å². The molecular formula is C15H15NO5. The number of hydrogen-bond donors (Lipinski definition) is 1. The number of nitro benzene ring substituents is 1. The Balaban J connectivity index is 2.19. The first-order valence-electron chi connectivity index (χ1n) is 6.28. The first-order chi connectivity index (χ1) is 10.1. The first kappa shape index (κ1) is 14.8. The topological polar surface area (TPSA) is 81.8 Å². The highest BCUT2D eigenvalue weighted by Crippen LogP contribution is 2.29. The number of methoxy groups -OCH3 is 1. The van der Waals surface area contributed by atoms with Crippen LogP contribution in [0.5, 0.6) is 11.5 Å². The monoisotopic (exact) mass is 289 g/mol.